The maximum absolute atomic E-state index is 10.6. The Balaban J connectivity index is 3.53. The molecule has 0 aromatic rings. The Morgan fingerprint density at radius 1 is 1.17 bits per heavy atom. The number of ketones is 1. The Hall–Kier alpha value is -0.920. The lowest BCUT2D eigenvalue weighted by molar-refractivity contribution is -0.117. The van der Waals surface area contributed by atoms with Crippen molar-refractivity contribution in [3.8, 4) is 0 Å². The van der Waals surface area contributed by atoms with Gasteiger partial charge in [0, 0.05) is 12.8 Å². The van der Waals surface area contributed by atoms with E-state index in [-0.39, 0.29) is 5.78 Å². The van der Waals surface area contributed by atoms with Crippen LogP contribution < -0.4 is 0 Å². The van der Waals surface area contributed by atoms with Crippen molar-refractivity contribution >= 4 is 12.1 Å². The first-order valence-electron chi connectivity index (χ1n) is 4.25. The van der Waals surface area contributed by atoms with Crippen LogP contribution in [0, 0.1) is 0 Å². The monoisotopic (exact) mass is 168 g/mol. The van der Waals surface area contributed by atoms with Gasteiger partial charge in [-0.05, 0) is 26.7 Å². The molecule has 68 valence electrons. The number of allylic oxidation sites excluding steroid dienone is 2. The fourth-order valence-electron chi connectivity index (χ4n) is 0.910. The molecule has 0 amide bonds. The first-order chi connectivity index (χ1) is 5.66. The summed E-state index contributed by atoms with van der Waals surface area (Å²) in [6.07, 6.45) is 5.77. The molecule has 0 rings (SSSR count). The van der Waals surface area contributed by atoms with Gasteiger partial charge in [-0.25, -0.2) is 0 Å². The second-order valence-electron chi connectivity index (χ2n) is 3.00. The molecule has 0 aromatic heterocycles. The van der Waals surface area contributed by atoms with Gasteiger partial charge in [-0.15, -0.1) is 0 Å². The van der Waals surface area contributed by atoms with Crippen molar-refractivity contribution < 1.29 is 9.59 Å². The minimum Gasteiger partial charge on any atom is -0.303 e. The maximum Gasteiger partial charge on any atom is 0.130 e. The lowest BCUT2D eigenvalue weighted by Crippen LogP contribution is -1.87. The molecular weight excluding hydrogens is 152 g/mol. The first kappa shape index (κ1) is 11.1. The van der Waals surface area contributed by atoms with Gasteiger partial charge < -0.3 is 9.59 Å². The van der Waals surface area contributed by atoms with Gasteiger partial charge in [0.05, 0.1) is 0 Å². The summed E-state index contributed by atoms with van der Waals surface area (Å²) in [5, 5.41) is 0. The average Bonchev–Trinajstić information content (AvgIpc) is 2.00. The van der Waals surface area contributed by atoms with Gasteiger partial charge in [-0.3, -0.25) is 0 Å². The molecular formula is C10H16O2. The molecule has 0 spiro atoms. The number of rotatable bonds is 6. The van der Waals surface area contributed by atoms with Crippen LogP contribution >= 0.6 is 0 Å². The van der Waals surface area contributed by atoms with E-state index in [2.05, 4.69) is 0 Å². The number of carbonyl (C=O) groups is 2. The van der Waals surface area contributed by atoms with Crippen LogP contribution in [-0.4, -0.2) is 12.1 Å². The molecule has 0 atom stereocenters. The quantitative estimate of drug-likeness (QED) is 0.450. The molecule has 2 nitrogen and oxygen atoms in total. The zero-order chi connectivity index (χ0) is 9.40. The lowest BCUT2D eigenvalue weighted by atomic mass is 10.1. The predicted octanol–water partition coefficient (Wildman–Crippen LogP) is 2.28. The molecule has 0 aliphatic rings. The summed E-state index contributed by atoms with van der Waals surface area (Å²) in [5.74, 6) is 0.217. The molecule has 0 aliphatic heterocycles. The molecule has 0 N–H and O–H groups in total. The Bertz CT molecular complexity index is 180. The van der Waals surface area contributed by atoms with Gasteiger partial charge in [0.25, 0.3) is 0 Å². The number of aldehydes is 1. The second kappa shape index (κ2) is 6.77. The summed E-state index contributed by atoms with van der Waals surface area (Å²) in [5.41, 5.74) is 1.20. The van der Waals surface area contributed by atoms with E-state index in [1.807, 2.05) is 13.0 Å². The molecule has 0 radical (unpaired) electrons. The number of carbonyl (C=O) groups excluding carboxylic acids is 2. The van der Waals surface area contributed by atoms with Gasteiger partial charge in [0.1, 0.15) is 12.1 Å². The van der Waals surface area contributed by atoms with E-state index in [4.69, 9.17) is 0 Å². The van der Waals surface area contributed by atoms with E-state index in [9.17, 15) is 9.59 Å². The van der Waals surface area contributed by atoms with Crippen molar-refractivity contribution in [1.82, 2.24) is 0 Å². The molecule has 0 aromatic carbocycles. The zero-order valence-corrected chi connectivity index (χ0v) is 7.80. The van der Waals surface area contributed by atoms with E-state index in [1.165, 1.54) is 5.57 Å². The van der Waals surface area contributed by atoms with Crippen LogP contribution in [0.5, 0.6) is 0 Å². The maximum atomic E-state index is 10.6. The largest absolute Gasteiger partial charge is 0.303 e. The molecule has 0 bridgehead atoms. The zero-order valence-electron chi connectivity index (χ0n) is 7.80. The van der Waals surface area contributed by atoms with Crippen molar-refractivity contribution in [3.63, 3.8) is 0 Å². The highest BCUT2D eigenvalue weighted by Crippen LogP contribution is 2.04. The van der Waals surface area contributed by atoms with Gasteiger partial charge in [0.15, 0.2) is 0 Å². The Kier molecular flexibility index (Phi) is 6.25. The SMILES string of the molecule is CC(=O)CC/C=C(/C)CCC=O. The molecule has 0 saturated heterocycles. The summed E-state index contributed by atoms with van der Waals surface area (Å²) in [7, 11) is 0. The molecule has 12 heavy (non-hydrogen) atoms. The third kappa shape index (κ3) is 7.19. The third-order valence-corrected chi connectivity index (χ3v) is 1.65. The second-order valence-corrected chi connectivity index (χ2v) is 3.00. The van der Waals surface area contributed by atoms with Crippen molar-refractivity contribution in [2.24, 2.45) is 0 Å². The fraction of sp³-hybridized carbons (Fsp3) is 0.600. The summed E-state index contributed by atoms with van der Waals surface area (Å²) in [6, 6.07) is 0. The highest BCUT2D eigenvalue weighted by atomic mass is 16.1. The predicted molar refractivity (Wildman–Crippen MR) is 49.0 cm³/mol. The van der Waals surface area contributed by atoms with E-state index >= 15 is 0 Å². The minimum atomic E-state index is 0.217. The number of Topliss-reactive ketones (excluding diaryl/α,β-unsaturated/α-hetero) is 1. The molecule has 0 heterocycles. The number of hydrogen-bond acceptors (Lipinski definition) is 2. The number of hydrogen-bond donors (Lipinski definition) is 0. The molecule has 0 aliphatic carbocycles. The summed E-state index contributed by atoms with van der Waals surface area (Å²) in [4.78, 5) is 20.6. The van der Waals surface area contributed by atoms with Crippen LogP contribution in [0.25, 0.3) is 0 Å². The molecule has 0 fully saturated rings. The molecule has 0 saturated carbocycles. The minimum absolute atomic E-state index is 0.217. The van der Waals surface area contributed by atoms with Crippen LogP contribution in [-0.2, 0) is 9.59 Å². The van der Waals surface area contributed by atoms with Crippen LogP contribution in [0.1, 0.15) is 39.5 Å². The topological polar surface area (TPSA) is 34.1 Å². The van der Waals surface area contributed by atoms with Crippen molar-refractivity contribution in [1.29, 1.82) is 0 Å². The average molecular weight is 168 g/mol. The van der Waals surface area contributed by atoms with Crippen LogP contribution in [0.3, 0.4) is 0 Å². The van der Waals surface area contributed by atoms with Gasteiger partial charge >= 0.3 is 0 Å². The Morgan fingerprint density at radius 2 is 1.83 bits per heavy atom. The highest BCUT2D eigenvalue weighted by Gasteiger charge is 1.92. The highest BCUT2D eigenvalue weighted by molar-refractivity contribution is 5.75. The lowest BCUT2D eigenvalue weighted by Gasteiger charge is -1.95. The smallest absolute Gasteiger partial charge is 0.130 e. The van der Waals surface area contributed by atoms with E-state index in [0.29, 0.717) is 12.8 Å². The summed E-state index contributed by atoms with van der Waals surface area (Å²) < 4.78 is 0. The standard InChI is InChI=1S/C10H16O2/c1-9(6-4-8-11)5-3-7-10(2)12/h5,8H,3-4,6-7H2,1-2H3/b9-5-. The molecule has 0 unspecified atom stereocenters. The first-order valence-corrected chi connectivity index (χ1v) is 4.25. The van der Waals surface area contributed by atoms with E-state index < -0.39 is 0 Å². The van der Waals surface area contributed by atoms with E-state index in [0.717, 1.165) is 19.1 Å². The van der Waals surface area contributed by atoms with Gasteiger partial charge in [0.2, 0.25) is 0 Å². The van der Waals surface area contributed by atoms with E-state index in [1.54, 1.807) is 6.92 Å². The van der Waals surface area contributed by atoms with Gasteiger partial charge in [-0.1, -0.05) is 11.6 Å². The van der Waals surface area contributed by atoms with Crippen molar-refractivity contribution in [3.05, 3.63) is 11.6 Å². The third-order valence-electron chi connectivity index (χ3n) is 1.65. The van der Waals surface area contributed by atoms with Crippen LogP contribution in [0.15, 0.2) is 11.6 Å². The van der Waals surface area contributed by atoms with Crippen molar-refractivity contribution in [2.45, 2.75) is 39.5 Å². The Labute approximate surface area is 73.7 Å². The van der Waals surface area contributed by atoms with Crippen molar-refractivity contribution in [2.75, 3.05) is 0 Å². The fourth-order valence-corrected chi connectivity index (χ4v) is 0.910. The van der Waals surface area contributed by atoms with Crippen LogP contribution in [0.2, 0.25) is 0 Å². The molecule has 2 heteroatoms. The summed E-state index contributed by atoms with van der Waals surface area (Å²) in [6.45, 7) is 3.58. The van der Waals surface area contributed by atoms with Crippen LogP contribution in [0.4, 0.5) is 0 Å². The summed E-state index contributed by atoms with van der Waals surface area (Å²) >= 11 is 0. The normalized spacial score (nSPS) is 11.3. The van der Waals surface area contributed by atoms with Gasteiger partial charge in [-0.2, -0.15) is 0 Å². The Morgan fingerprint density at radius 3 is 2.33 bits per heavy atom.